The Morgan fingerprint density at radius 3 is 2.58 bits per heavy atom. The summed E-state index contributed by atoms with van der Waals surface area (Å²) in [5.41, 5.74) is 1.50. The monoisotopic (exact) mass is 257 g/mol. The van der Waals surface area contributed by atoms with Crippen molar-refractivity contribution in [3.8, 4) is 0 Å². The molecule has 2 aliphatic rings. The fourth-order valence-electron chi connectivity index (χ4n) is 4.20. The van der Waals surface area contributed by atoms with E-state index in [2.05, 4.69) is 42.6 Å². The maximum absolute atomic E-state index is 3.83. The van der Waals surface area contributed by atoms with Gasteiger partial charge in [-0.15, -0.1) is 0 Å². The maximum atomic E-state index is 3.83. The number of rotatable bonds is 7. The van der Waals surface area contributed by atoms with Gasteiger partial charge in [-0.3, -0.25) is 0 Å². The van der Waals surface area contributed by atoms with Crippen molar-refractivity contribution in [1.29, 1.82) is 0 Å². The van der Waals surface area contributed by atoms with Gasteiger partial charge in [-0.05, 0) is 62.0 Å². The lowest BCUT2D eigenvalue weighted by molar-refractivity contribution is 0.385. The quantitative estimate of drug-likeness (QED) is 0.777. The summed E-state index contributed by atoms with van der Waals surface area (Å²) in [6, 6.07) is 11.7. The third-order valence-corrected chi connectivity index (χ3v) is 5.18. The van der Waals surface area contributed by atoms with E-state index in [4.69, 9.17) is 0 Å². The second-order valence-corrected chi connectivity index (χ2v) is 6.42. The zero-order valence-corrected chi connectivity index (χ0v) is 12.1. The molecule has 104 valence electrons. The Kier molecular flexibility index (Phi) is 4.22. The standard InChI is InChI=1S/C18H27N/c1-2-13-19-17(18-15-9-6-10-16(15)18)12-11-14-7-4-3-5-8-14/h3-5,7-8,15-19H,2,6,9-13H2,1H3. The Bertz CT molecular complexity index is 376. The van der Waals surface area contributed by atoms with E-state index in [9.17, 15) is 0 Å². The Hall–Kier alpha value is -0.820. The number of aryl methyl sites for hydroxylation is 1. The lowest BCUT2D eigenvalue weighted by Gasteiger charge is -2.20. The van der Waals surface area contributed by atoms with Gasteiger partial charge in [-0.1, -0.05) is 43.7 Å². The average Bonchev–Trinajstić information content (AvgIpc) is 2.93. The van der Waals surface area contributed by atoms with E-state index < -0.39 is 0 Å². The highest BCUT2D eigenvalue weighted by Crippen LogP contribution is 2.59. The van der Waals surface area contributed by atoms with Crippen molar-refractivity contribution >= 4 is 0 Å². The highest BCUT2D eigenvalue weighted by molar-refractivity contribution is 5.15. The molecule has 2 aliphatic carbocycles. The van der Waals surface area contributed by atoms with E-state index in [-0.39, 0.29) is 0 Å². The van der Waals surface area contributed by atoms with E-state index >= 15 is 0 Å². The second kappa shape index (κ2) is 6.09. The SMILES string of the molecule is CCCNC(CCc1ccccc1)C1C2CCCC21. The second-order valence-electron chi connectivity index (χ2n) is 6.42. The summed E-state index contributed by atoms with van der Waals surface area (Å²) in [6.45, 7) is 3.46. The Labute approximate surface area is 117 Å². The highest BCUT2D eigenvalue weighted by atomic mass is 14.9. The van der Waals surface area contributed by atoms with Crippen LogP contribution >= 0.6 is 0 Å². The van der Waals surface area contributed by atoms with Crippen LogP contribution in [0.4, 0.5) is 0 Å². The molecule has 1 N–H and O–H groups in total. The molecule has 0 aliphatic heterocycles. The fraction of sp³-hybridized carbons (Fsp3) is 0.667. The van der Waals surface area contributed by atoms with Crippen molar-refractivity contribution in [1.82, 2.24) is 5.32 Å². The van der Waals surface area contributed by atoms with Crippen LogP contribution in [-0.2, 0) is 6.42 Å². The first-order valence-electron chi connectivity index (χ1n) is 8.17. The van der Waals surface area contributed by atoms with Crippen molar-refractivity contribution in [2.75, 3.05) is 6.54 Å². The zero-order chi connectivity index (χ0) is 13.1. The molecule has 3 rings (SSSR count). The van der Waals surface area contributed by atoms with Crippen LogP contribution < -0.4 is 5.32 Å². The largest absolute Gasteiger partial charge is 0.314 e. The van der Waals surface area contributed by atoms with E-state index in [0.29, 0.717) is 0 Å². The van der Waals surface area contributed by atoms with Crippen LogP contribution in [0.1, 0.15) is 44.6 Å². The minimum absolute atomic E-state index is 0.774. The molecular formula is C18H27N. The minimum Gasteiger partial charge on any atom is -0.314 e. The van der Waals surface area contributed by atoms with Gasteiger partial charge in [0.25, 0.3) is 0 Å². The molecule has 0 bridgehead atoms. The molecule has 2 saturated carbocycles. The summed E-state index contributed by atoms with van der Waals surface area (Å²) in [4.78, 5) is 0. The average molecular weight is 257 g/mol. The predicted octanol–water partition coefficient (Wildman–Crippen LogP) is 4.03. The van der Waals surface area contributed by atoms with Gasteiger partial charge in [0, 0.05) is 6.04 Å². The van der Waals surface area contributed by atoms with Crippen molar-refractivity contribution < 1.29 is 0 Å². The molecule has 0 heterocycles. The molecule has 1 nitrogen and oxygen atoms in total. The van der Waals surface area contributed by atoms with E-state index in [0.717, 1.165) is 23.8 Å². The summed E-state index contributed by atoms with van der Waals surface area (Å²) in [5, 5.41) is 3.83. The third-order valence-electron chi connectivity index (χ3n) is 5.18. The molecule has 1 aromatic carbocycles. The Morgan fingerprint density at radius 2 is 1.89 bits per heavy atom. The van der Waals surface area contributed by atoms with Crippen molar-refractivity contribution in [2.24, 2.45) is 17.8 Å². The van der Waals surface area contributed by atoms with Gasteiger partial charge in [0.2, 0.25) is 0 Å². The summed E-state index contributed by atoms with van der Waals surface area (Å²) < 4.78 is 0. The molecule has 0 spiro atoms. The third kappa shape index (κ3) is 3.02. The molecule has 3 atom stereocenters. The molecule has 1 aromatic rings. The highest BCUT2D eigenvalue weighted by Gasteiger charge is 2.55. The summed E-state index contributed by atoms with van der Waals surface area (Å²) >= 11 is 0. The summed E-state index contributed by atoms with van der Waals surface area (Å²) in [7, 11) is 0. The van der Waals surface area contributed by atoms with Crippen LogP contribution in [0.25, 0.3) is 0 Å². The molecule has 19 heavy (non-hydrogen) atoms. The minimum atomic E-state index is 0.774. The summed E-state index contributed by atoms with van der Waals surface area (Å²) in [5.74, 6) is 3.15. The van der Waals surface area contributed by atoms with E-state index in [1.54, 1.807) is 0 Å². The molecule has 0 amide bonds. The summed E-state index contributed by atoms with van der Waals surface area (Å²) in [6.07, 6.45) is 8.31. The first-order valence-corrected chi connectivity index (χ1v) is 8.17. The van der Waals surface area contributed by atoms with Crippen LogP contribution in [0.2, 0.25) is 0 Å². The van der Waals surface area contributed by atoms with Gasteiger partial charge in [0.1, 0.15) is 0 Å². The first kappa shape index (κ1) is 13.2. The van der Waals surface area contributed by atoms with Crippen molar-refractivity contribution in [3.63, 3.8) is 0 Å². The van der Waals surface area contributed by atoms with Crippen LogP contribution in [0, 0.1) is 17.8 Å². The number of benzene rings is 1. The van der Waals surface area contributed by atoms with Crippen LogP contribution in [0.15, 0.2) is 30.3 Å². The predicted molar refractivity (Wildman–Crippen MR) is 81.2 cm³/mol. The molecular weight excluding hydrogens is 230 g/mol. The topological polar surface area (TPSA) is 12.0 Å². The molecule has 1 heteroatoms. The number of fused-ring (bicyclic) bond motifs is 1. The normalized spacial score (nSPS) is 30.1. The van der Waals surface area contributed by atoms with Gasteiger partial charge in [-0.2, -0.15) is 0 Å². The van der Waals surface area contributed by atoms with E-state index in [1.165, 1.54) is 50.6 Å². The van der Waals surface area contributed by atoms with E-state index in [1.807, 2.05) is 0 Å². The maximum Gasteiger partial charge on any atom is 0.0104 e. The van der Waals surface area contributed by atoms with Crippen molar-refractivity contribution in [2.45, 2.75) is 51.5 Å². The van der Waals surface area contributed by atoms with Gasteiger partial charge in [0.15, 0.2) is 0 Å². The number of hydrogen-bond donors (Lipinski definition) is 1. The Balaban J connectivity index is 1.54. The molecule has 0 saturated heterocycles. The lowest BCUT2D eigenvalue weighted by Crippen LogP contribution is -2.33. The lowest BCUT2D eigenvalue weighted by atomic mass is 9.97. The van der Waals surface area contributed by atoms with Crippen LogP contribution in [0.5, 0.6) is 0 Å². The number of hydrogen-bond acceptors (Lipinski definition) is 1. The van der Waals surface area contributed by atoms with Crippen LogP contribution in [-0.4, -0.2) is 12.6 Å². The fourth-order valence-corrected chi connectivity index (χ4v) is 4.20. The Morgan fingerprint density at radius 1 is 1.16 bits per heavy atom. The molecule has 0 radical (unpaired) electrons. The van der Waals surface area contributed by atoms with Crippen molar-refractivity contribution in [3.05, 3.63) is 35.9 Å². The number of nitrogens with one attached hydrogen (secondary N) is 1. The molecule has 2 fully saturated rings. The molecule has 0 aromatic heterocycles. The molecule has 3 unspecified atom stereocenters. The van der Waals surface area contributed by atoms with Gasteiger partial charge in [0.05, 0.1) is 0 Å². The van der Waals surface area contributed by atoms with Crippen LogP contribution in [0.3, 0.4) is 0 Å². The van der Waals surface area contributed by atoms with Gasteiger partial charge < -0.3 is 5.32 Å². The van der Waals surface area contributed by atoms with Gasteiger partial charge >= 0.3 is 0 Å². The van der Waals surface area contributed by atoms with Gasteiger partial charge in [-0.25, -0.2) is 0 Å². The smallest absolute Gasteiger partial charge is 0.0104 e. The zero-order valence-electron chi connectivity index (χ0n) is 12.1. The first-order chi connectivity index (χ1) is 9.40.